The van der Waals surface area contributed by atoms with E-state index in [0.29, 0.717) is 6.61 Å². The Morgan fingerprint density at radius 3 is 2.37 bits per heavy atom. The molecular weight excluding hydrogens is 236 g/mol. The van der Waals surface area contributed by atoms with E-state index in [4.69, 9.17) is 4.74 Å². The van der Waals surface area contributed by atoms with Gasteiger partial charge >= 0.3 is 0 Å². The van der Waals surface area contributed by atoms with Crippen LogP contribution in [0.2, 0.25) is 0 Å². The summed E-state index contributed by atoms with van der Waals surface area (Å²) in [4.78, 5) is 4.05. The predicted octanol–water partition coefficient (Wildman–Crippen LogP) is 3.12. The van der Waals surface area contributed by atoms with Crippen LogP contribution in [0.15, 0.2) is 54.9 Å². The number of aromatic nitrogens is 1. The number of nitrogens with one attached hydrogen (secondary N) is 1. The second kappa shape index (κ2) is 7.02. The average Bonchev–Trinajstić information content (AvgIpc) is 2.48. The summed E-state index contributed by atoms with van der Waals surface area (Å²) in [5.41, 5.74) is 2.47. The molecule has 1 N–H and O–H groups in total. The van der Waals surface area contributed by atoms with E-state index in [1.807, 2.05) is 30.6 Å². The zero-order valence-corrected chi connectivity index (χ0v) is 11.4. The molecule has 0 aliphatic heterocycles. The first-order valence-electron chi connectivity index (χ1n) is 6.51. The highest BCUT2D eigenvalue weighted by Crippen LogP contribution is 2.19. The number of hydrogen-bond acceptors (Lipinski definition) is 3. The zero-order valence-electron chi connectivity index (χ0n) is 11.4. The van der Waals surface area contributed by atoms with Gasteiger partial charge in [-0.2, -0.15) is 0 Å². The van der Waals surface area contributed by atoms with Crippen molar-refractivity contribution >= 4 is 0 Å². The van der Waals surface area contributed by atoms with Crippen LogP contribution in [0.1, 0.15) is 30.1 Å². The first-order valence-corrected chi connectivity index (χ1v) is 6.51. The van der Waals surface area contributed by atoms with Crippen molar-refractivity contribution < 1.29 is 4.74 Å². The van der Waals surface area contributed by atoms with Crippen molar-refractivity contribution in [2.45, 2.75) is 19.0 Å². The van der Waals surface area contributed by atoms with Crippen LogP contribution in [0.25, 0.3) is 0 Å². The fourth-order valence-corrected chi connectivity index (χ4v) is 2.14. The highest BCUT2D eigenvalue weighted by atomic mass is 16.5. The van der Waals surface area contributed by atoms with E-state index in [-0.39, 0.29) is 12.1 Å². The van der Waals surface area contributed by atoms with Crippen molar-refractivity contribution in [2.75, 3.05) is 13.7 Å². The van der Waals surface area contributed by atoms with Crippen molar-refractivity contribution in [3.8, 4) is 0 Å². The van der Waals surface area contributed by atoms with Crippen molar-refractivity contribution in [1.29, 1.82) is 0 Å². The molecule has 1 heterocycles. The van der Waals surface area contributed by atoms with Crippen LogP contribution >= 0.6 is 0 Å². The molecule has 0 aliphatic carbocycles. The molecule has 2 rings (SSSR count). The molecule has 100 valence electrons. The lowest BCUT2D eigenvalue weighted by Crippen LogP contribution is -2.28. The van der Waals surface area contributed by atoms with E-state index in [2.05, 4.69) is 41.5 Å². The van der Waals surface area contributed by atoms with Gasteiger partial charge in [0.15, 0.2) is 0 Å². The summed E-state index contributed by atoms with van der Waals surface area (Å²) in [6.07, 6.45) is 3.64. The summed E-state index contributed by atoms with van der Waals surface area (Å²) in [5.74, 6) is 0. The number of methoxy groups -OCH3 is 1. The minimum atomic E-state index is 0.189. The first-order chi connectivity index (χ1) is 9.31. The molecule has 3 nitrogen and oxygen atoms in total. The highest BCUT2D eigenvalue weighted by molar-refractivity contribution is 5.21. The summed E-state index contributed by atoms with van der Waals surface area (Å²) in [6, 6.07) is 14.9. The van der Waals surface area contributed by atoms with E-state index in [9.17, 15) is 0 Å². The van der Waals surface area contributed by atoms with Crippen LogP contribution in [0.4, 0.5) is 0 Å². The molecule has 0 spiro atoms. The van der Waals surface area contributed by atoms with E-state index < -0.39 is 0 Å². The molecular formula is C16H20N2O. The molecule has 3 heteroatoms. The minimum absolute atomic E-state index is 0.189. The van der Waals surface area contributed by atoms with Crippen molar-refractivity contribution in [1.82, 2.24) is 10.3 Å². The van der Waals surface area contributed by atoms with Gasteiger partial charge in [-0.3, -0.25) is 4.98 Å². The van der Waals surface area contributed by atoms with Crippen LogP contribution in [0.3, 0.4) is 0 Å². The number of pyridine rings is 1. The number of nitrogens with zero attached hydrogens (tertiary/aromatic N) is 1. The lowest BCUT2D eigenvalue weighted by atomic mass is 10.0. The van der Waals surface area contributed by atoms with Crippen LogP contribution in [0.5, 0.6) is 0 Å². The number of benzene rings is 1. The maximum Gasteiger partial charge on any atom is 0.0657 e. The third-order valence-electron chi connectivity index (χ3n) is 3.19. The fraction of sp³-hybridized carbons (Fsp3) is 0.312. The van der Waals surface area contributed by atoms with E-state index in [1.165, 1.54) is 11.1 Å². The Bertz CT molecular complexity index is 473. The lowest BCUT2D eigenvalue weighted by Gasteiger charge is -2.23. The highest BCUT2D eigenvalue weighted by Gasteiger charge is 2.14. The Balaban J connectivity index is 2.09. The quantitative estimate of drug-likeness (QED) is 0.862. The van der Waals surface area contributed by atoms with Gasteiger partial charge in [-0.05, 0) is 30.2 Å². The molecule has 0 saturated heterocycles. The molecule has 1 aromatic heterocycles. The minimum Gasteiger partial charge on any atom is -0.383 e. The molecule has 1 aromatic carbocycles. The molecule has 0 fully saturated rings. The van der Waals surface area contributed by atoms with Crippen LogP contribution in [0, 0.1) is 0 Å². The van der Waals surface area contributed by atoms with Gasteiger partial charge in [-0.15, -0.1) is 0 Å². The third-order valence-corrected chi connectivity index (χ3v) is 3.19. The Labute approximate surface area is 114 Å². The summed E-state index contributed by atoms with van der Waals surface area (Å²) in [6.45, 7) is 2.81. The van der Waals surface area contributed by atoms with Gasteiger partial charge in [-0.1, -0.05) is 30.3 Å². The number of hydrogen-bond donors (Lipinski definition) is 1. The standard InChI is InChI=1S/C16H20N2O/c1-13(14-8-10-17-11-9-14)18-16(12-19-2)15-6-4-3-5-7-15/h3-11,13,16,18H,12H2,1-2H3/t13-,16?/m1/s1. The van der Waals surface area contributed by atoms with Crippen LogP contribution in [-0.2, 0) is 4.74 Å². The summed E-state index contributed by atoms with van der Waals surface area (Å²) < 4.78 is 5.32. The van der Waals surface area contributed by atoms with Gasteiger partial charge in [0.2, 0.25) is 0 Å². The maximum absolute atomic E-state index is 5.32. The molecule has 0 aliphatic rings. The molecule has 0 saturated carbocycles. The Morgan fingerprint density at radius 2 is 1.74 bits per heavy atom. The van der Waals surface area contributed by atoms with Crippen LogP contribution in [-0.4, -0.2) is 18.7 Å². The van der Waals surface area contributed by atoms with Crippen molar-refractivity contribution in [2.24, 2.45) is 0 Å². The topological polar surface area (TPSA) is 34.1 Å². The van der Waals surface area contributed by atoms with Gasteiger partial charge in [-0.25, -0.2) is 0 Å². The van der Waals surface area contributed by atoms with E-state index in [0.717, 1.165) is 0 Å². The first kappa shape index (κ1) is 13.7. The average molecular weight is 256 g/mol. The second-order valence-electron chi connectivity index (χ2n) is 4.59. The lowest BCUT2D eigenvalue weighted by molar-refractivity contribution is 0.162. The Morgan fingerprint density at radius 1 is 1.05 bits per heavy atom. The van der Waals surface area contributed by atoms with Crippen LogP contribution < -0.4 is 5.32 Å². The predicted molar refractivity (Wildman–Crippen MR) is 76.8 cm³/mol. The molecule has 19 heavy (non-hydrogen) atoms. The summed E-state index contributed by atoms with van der Waals surface area (Å²) in [7, 11) is 1.73. The maximum atomic E-state index is 5.32. The normalized spacial score (nSPS) is 14.0. The Kier molecular flexibility index (Phi) is 5.07. The van der Waals surface area contributed by atoms with Gasteiger partial charge in [0, 0.05) is 25.5 Å². The fourth-order valence-electron chi connectivity index (χ4n) is 2.14. The van der Waals surface area contributed by atoms with Gasteiger partial charge in [0.1, 0.15) is 0 Å². The second-order valence-corrected chi connectivity index (χ2v) is 4.59. The molecule has 0 radical (unpaired) electrons. The van der Waals surface area contributed by atoms with Gasteiger partial charge in [0.25, 0.3) is 0 Å². The van der Waals surface area contributed by atoms with Crippen molar-refractivity contribution in [3.05, 3.63) is 66.0 Å². The smallest absolute Gasteiger partial charge is 0.0657 e. The summed E-state index contributed by atoms with van der Waals surface area (Å²) in [5, 5.41) is 3.60. The zero-order chi connectivity index (χ0) is 13.5. The number of rotatable bonds is 6. The third kappa shape index (κ3) is 3.88. The van der Waals surface area contributed by atoms with E-state index >= 15 is 0 Å². The Hall–Kier alpha value is -1.71. The van der Waals surface area contributed by atoms with Crippen molar-refractivity contribution in [3.63, 3.8) is 0 Å². The molecule has 0 amide bonds. The number of ether oxygens (including phenoxy) is 1. The van der Waals surface area contributed by atoms with Gasteiger partial charge in [0.05, 0.1) is 12.6 Å². The largest absolute Gasteiger partial charge is 0.383 e. The summed E-state index contributed by atoms with van der Waals surface area (Å²) >= 11 is 0. The van der Waals surface area contributed by atoms with E-state index in [1.54, 1.807) is 7.11 Å². The molecule has 1 unspecified atom stereocenters. The molecule has 2 atom stereocenters. The SMILES string of the molecule is COCC(N[C@H](C)c1ccncc1)c1ccccc1. The molecule has 2 aromatic rings. The van der Waals surface area contributed by atoms with Gasteiger partial charge < -0.3 is 10.1 Å². The monoisotopic (exact) mass is 256 g/mol. The molecule has 0 bridgehead atoms.